The Balaban J connectivity index is 1.73. The fourth-order valence-corrected chi connectivity index (χ4v) is 2.86. The smallest absolute Gasteiger partial charge is 0.120 e. The van der Waals surface area contributed by atoms with Crippen molar-refractivity contribution in [3.63, 3.8) is 0 Å². The molecule has 1 heterocycles. The molecule has 3 aromatic rings. The third kappa shape index (κ3) is 4.70. The molecule has 2 aromatic carbocycles. The molecular formula is C23H24N2O. The number of aromatic nitrogens is 1. The third-order valence-electron chi connectivity index (χ3n) is 4.18. The molecule has 26 heavy (non-hydrogen) atoms. The van der Waals surface area contributed by atoms with E-state index >= 15 is 0 Å². The van der Waals surface area contributed by atoms with E-state index in [1.54, 1.807) is 13.8 Å². The Morgan fingerprint density at radius 1 is 1.04 bits per heavy atom. The minimum absolute atomic E-state index is 0.203. The molecule has 1 atom stereocenters. The van der Waals surface area contributed by atoms with Crippen LogP contribution in [0.5, 0.6) is 0 Å². The van der Waals surface area contributed by atoms with Gasteiger partial charge in [0.05, 0.1) is 5.69 Å². The summed E-state index contributed by atoms with van der Waals surface area (Å²) in [5.74, 6) is 5.73. The molecular weight excluding hydrogens is 320 g/mol. The van der Waals surface area contributed by atoms with Crippen molar-refractivity contribution in [2.75, 3.05) is 0 Å². The van der Waals surface area contributed by atoms with Crippen molar-refractivity contribution in [1.29, 1.82) is 0 Å². The predicted molar refractivity (Wildman–Crippen MR) is 107 cm³/mol. The molecule has 0 saturated heterocycles. The maximum Gasteiger partial charge on any atom is 0.120 e. The largest absolute Gasteiger partial charge is 0.378 e. The summed E-state index contributed by atoms with van der Waals surface area (Å²) < 4.78 is 0. The molecule has 0 spiro atoms. The Morgan fingerprint density at radius 3 is 2.58 bits per heavy atom. The first kappa shape index (κ1) is 18.1. The van der Waals surface area contributed by atoms with Crippen LogP contribution in [-0.2, 0) is 6.54 Å². The number of rotatable bonds is 4. The summed E-state index contributed by atoms with van der Waals surface area (Å²) in [5.41, 5.74) is 1.86. The summed E-state index contributed by atoms with van der Waals surface area (Å²) in [7, 11) is 0. The van der Waals surface area contributed by atoms with Gasteiger partial charge in [-0.3, -0.25) is 0 Å². The lowest BCUT2D eigenvalue weighted by Crippen LogP contribution is -2.19. The van der Waals surface area contributed by atoms with E-state index in [0.717, 1.165) is 5.69 Å². The quantitative estimate of drug-likeness (QED) is 0.697. The Labute approximate surface area is 155 Å². The van der Waals surface area contributed by atoms with E-state index in [4.69, 9.17) is 0 Å². The van der Waals surface area contributed by atoms with Gasteiger partial charge in [-0.05, 0) is 55.2 Å². The fourth-order valence-electron chi connectivity index (χ4n) is 2.86. The van der Waals surface area contributed by atoms with Gasteiger partial charge in [0, 0.05) is 12.6 Å². The van der Waals surface area contributed by atoms with E-state index in [1.807, 2.05) is 18.2 Å². The summed E-state index contributed by atoms with van der Waals surface area (Å²) >= 11 is 0. The molecule has 1 aromatic heterocycles. The van der Waals surface area contributed by atoms with Crippen molar-refractivity contribution < 1.29 is 5.11 Å². The standard InChI is InChI=1S/C23H24N2O/c1-17(21-13-6-9-18-8-4-5-12-22(18)21)24-16-20-11-7-10-19(25-20)14-15-23(2,3)26/h4-13,17,24,26H,16H2,1-3H3/t17-/m1/s1. The highest BCUT2D eigenvalue weighted by atomic mass is 16.3. The van der Waals surface area contributed by atoms with Gasteiger partial charge in [0.2, 0.25) is 0 Å². The van der Waals surface area contributed by atoms with Gasteiger partial charge < -0.3 is 10.4 Å². The van der Waals surface area contributed by atoms with Crippen LogP contribution in [0.25, 0.3) is 10.8 Å². The molecule has 0 fully saturated rings. The van der Waals surface area contributed by atoms with Crippen LogP contribution in [0, 0.1) is 11.8 Å². The van der Waals surface area contributed by atoms with Crippen LogP contribution in [0.4, 0.5) is 0 Å². The molecule has 0 aliphatic carbocycles. The van der Waals surface area contributed by atoms with E-state index in [0.29, 0.717) is 12.2 Å². The first-order valence-electron chi connectivity index (χ1n) is 8.85. The summed E-state index contributed by atoms with van der Waals surface area (Å²) in [6, 6.07) is 20.8. The number of benzene rings is 2. The van der Waals surface area contributed by atoms with E-state index in [9.17, 15) is 5.11 Å². The minimum atomic E-state index is -1.02. The number of aliphatic hydroxyl groups is 1. The molecule has 0 aliphatic rings. The van der Waals surface area contributed by atoms with Gasteiger partial charge in [0.25, 0.3) is 0 Å². The average molecular weight is 344 g/mol. The van der Waals surface area contributed by atoms with Crippen LogP contribution in [0.15, 0.2) is 60.7 Å². The normalized spacial score (nSPS) is 12.5. The van der Waals surface area contributed by atoms with Crippen LogP contribution in [0.1, 0.15) is 43.8 Å². The van der Waals surface area contributed by atoms with Crippen molar-refractivity contribution >= 4 is 10.8 Å². The summed E-state index contributed by atoms with van der Waals surface area (Å²) in [6.07, 6.45) is 0. The third-order valence-corrected chi connectivity index (χ3v) is 4.18. The molecule has 132 valence electrons. The lowest BCUT2D eigenvalue weighted by Gasteiger charge is -2.16. The Hall–Kier alpha value is -2.67. The van der Waals surface area contributed by atoms with Crippen molar-refractivity contribution in [3.8, 4) is 11.8 Å². The molecule has 3 heteroatoms. The highest BCUT2D eigenvalue weighted by molar-refractivity contribution is 5.86. The zero-order chi connectivity index (χ0) is 18.6. The molecule has 0 aliphatic heterocycles. The van der Waals surface area contributed by atoms with Crippen LogP contribution < -0.4 is 5.32 Å². The summed E-state index contributed by atoms with van der Waals surface area (Å²) in [6.45, 7) is 6.15. The monoisotopic (exact) mass is 344 g/mol. The first-order chi connectivity index (χ1) is 12.4. The molecule has 0 saturated carbocycles. The van der Waals surface area contributed by atoms with Crippen LogP contribution >= 0.6 is 0 Å². The minimum Gasteiger partial charge on any atom is -0.378 e. The second kappa shape index (κ2) is 7.70. The SMILES string of the molecule is C[C@@H](NCc1cccc(C#CC(C)(C)O)n1)c1cccc2ccccc12. The van der Waals surface area contributed by atoms with Crippen LogP contribution in [0.2, 0.25) is 0 Å². The van der Waals surface area contributed by atoms with Gasteiger partial charge in [0.15, 0.2) is 0 Å². The van der Waals surface area contributed by atoms with Gasteiger partial charge in [-0.15, -0.1) is 0 Å². The maximum absolute atomic E-state index is 9.72. The molecule has 3 nitrogen and oxygen atoms in total. The fraction of sp³-hybridized carbons (Fsp3) is 0.261. The number of nitrogens with one attached hydrogen (secondary N) is 1. The van der Waals surface area contributed by atoms with Crippen LogP contribution in [0.3, 0.4) is 0 Å². The lowest BCUT2D eigenvalue weighted by atomic mass is 10.00. The first-order valence-corrected chi connectivity index (χ1v) is 8.85. The summed E-state index contributed by atoms with van der Waals surface area (Å²) in [5, 5.41) is 15.8. The number of fused-ring (bicyclic) bond motifs is 1. The van der Waals surface area contributed by atoms with Gasteiger partial charge >= 0.3 is 0 Å². The Bertz CT molecular complexity index is 956. The molecule has 0 amide bonds. The molecule has 0 bridgehead atoms. The van der Waals surface area contributed by atoms with Gasteiger partial charge in [0.1, 0.15) is 11.3 Å². The van der Waals surface area contributed by atoms with Crippen molar-refractivity contribution in [2.24, 2.45) is 0 Å². The highest BCUT2D eigenvalue weighted by Gasteiger charge is 2.09. The molecule has 3 rings (SSSR count). The zero-order valence-electron chi connectivity index (χ0n) is 15.5. The number of hydrogen-bond donors (Lipinski definition) is 2. The van der Waals surface area contributed by atoms with Crippen molar-refractivity contribution in [1.82, 2.24) is 10.3 Å². The van der Waals surface area contributed by atoms with E-state index in [-0.39, 0.29) is 6.04 Å². The molecule has 0 unspecified atom stereocenters. The topological polar surface area (TPSA) is 45.1 Å². The second-order valence-electron chi connectivity index (χ2n) is 6.99. The Kier molecular flexibility index (Phi) is 5.37. The van der Waals surface area contributed by atoms with Crippen LogP contribution in [-0.4, -0.2) is 15.7 Å². The second-order valence-corrected chi connectivity index (χ2v) is 6.99. The predicted octanol–water partition coefficient (Wildman–Crippen LogP) is 4.21. The van der Waals surface area contributed by atoms with Crippen molar-refractivity contribution in [3.05, 3.63) is 77.6 Å². The molecule has 0 radical (unpaired) electrons. The van der Waals surface area contributed by atoms with Gasteiger partial charge in [-0.2, -0.15) is 0 Å². The maximum atomic E-state index is 9.72. The van der Waals surface area contributed by atoms with Gasteiger partial charge in [-0.1, -0.05) is 54.5 Å². The average Bonchev–Trinajstić information content (AvgIpc) is 2.64. The van der Waals surface area contributed by atoms with E-state index in [1.165, 1.54) is 16.3 Å². The van der Waals surface area contributed by atoms with E-state index in [2.05, 4.69) is 71.5 Å². The van der Waals surface area contributed by atoms with Gasteiger partial charge in [-0.25, -0.2) is 4.98 Å². The molecule has 2 N–H and O–H groups in total. The summed E-state index contributed by atoms with van der Waals surface area (Å²) in [4.78, 5) is 4.56. The number of hydrogen-bond acceptors (Lipinski definition) is 3. The van der Waals surface area contributed by atoms with E-state index < -0.39 is 5.60 Å². The number of pyridine rings is 1. The number of nitrogens with zero attached hydrogens (tertiary/aromatic N) is 1. The highest BCUT2D eigenvalue weighted by Crippen LogP contribution is 2.24. The van der Waals surface area contributed by atoms with Crippen molar-refractivity contribution in [2.45, 2.75) is 39.0 Å². The zero-order valence-corrected chi connectivity index (χ0v) is 15.5. The lowest BCUT2D eigenvalue weighted by molar-refractivity contribution is 0.143. The Morgan fingerprint density at radius 2 is 1.77 bits per heavy atom.